The van der Waals surface area contributed by atoms with Crippen LogP contribution in [0.3, 0.4) is 0 Å². The Morgan fingerprint density at radius 2 is 1.79 bits per heavy atom. The van der Waals surface area contributed by atoms with Crippen LogP contribution in [0.15, 0.2) is 58.5 Å². The van der Waals surface area contributed by atoms with Crippen LogP contribution in [-0.2, 0) is 9.84 Å². The molecule has 3 rings (SSSR count). The SMILES string of the molecule is Cc1ccc2ncc(C(=O)N(C)C(C)c3ccc(S(C)(=O)=O)cc3)c(=O)n2c1. The lowest BCUT2D eigenvalue weighted by atomic mass is 10.1. The van der Waals surface area contributed by atoms with Crippen molar-refractivity contribution in [2.75, 3.05) is 13.3 Å². The first kappa shape index (κ1) is 19.8. The molecule has 28 heavy (non-hydrogen) atoms. The highest BCUT2D eigenvalue weighted by atomic mass is 32.2. The molecule has 0 aliphatic carbocycles. The van der Waals surface area contributed by atoms with Crippen molar-refractivity contribution >= 4 is 21.4 Å². The Labute approximate surface area is 163 Å². The lowest BCUT2D eigenvalue weighted by Crippen LogP contribution is -2.35. The van der Waals surface area contributed by atoms with Crippen molar-refractivity contribution in [3.05, 3.63) is 75.8 Å². The Hall–Kier alpha value is -3.00. The standard InChI is InChI=1S/C20H21N3O4S/c1-13-5-10-18-21-11-17(20(25)23(18)12-13)19(24)22(3)14(2)15-6-8-16(9-7-15)28(4,26)27/h5-12,14H,1-4H3. The zero-order valence-electron chi connectivity index (χ0n) is 16.1. The summed E-state index contributed by atoms with van der Waals surface area (Å²) in [4.78, 5) is 31.5. The summed E-state index contributed by atoms with van der Waals surface area (Å²) in [6.07, 6.45) is 4.09. The molecular weight excluding hydrogens is 378 g/mol. The lowest BCUT2D eigenvalue weighted by molar-refractivity contribution is 0.0740. The maximum atomic E-state index is 12.9. The molecule has 0 radical (unpaired) electrons. The molecule has 0 spiro atoms. The highest BCUT2D eigenvalue weighted by Gasteiger charge is 2.23. The third-order valence-corrected chi connectivity index (χ3v) is 5.90. The highest BCUT2D eigenvalue weighted by Crippen LogP contribution is 2.22. The molecule has 0 saturated carbocycles. The van der Waals surface area contributed by atoms with E-state index in [9.17, 15) is 18.0 Å². The smallest absolute Gasteiger partial charge is 0.270 e. The van der Waals surface area contributed by atoms with Gasteiger partial charge in [0.05, 0.1) is 10.9 Å². The van der Waals surface area contributed by atoms with E-state index in [4.69, 9.17) is 0 Å². The van der Waals surface area contributed by atoms with E-state index in [-0.39, 0.29) is 16.5 Å². The molecule has 7 nitrogen and oxygen atoms in total. The first-order valence-electron chi connectivity index (χ1n) is 8.65. The number of benzene rings is 1. The van der Waals surface area contributed by atoms with E-state index < -0.39 is 21.3 Å². The average molecular weight is 399 g/mol. The molecule has 0 aliphatic heterocycles. The first-order chi connectivity index (χ1) is 13.1. The number of pyridine rings is 1. The fraction of sp³-hybridized carbons (Fsp3) is 0.250. The van der Waals surface area contributed by atoms with E-state index in [1.807, 2.05) is 19.9 Å². The van der Waals surface area contributed by atoms with Gasteiger partial charge in [-0.1, -0.05) is 18.2 Å². The largest absolute Gasteiger partial charge is 0.335 e. The Morgan fingerprint density at radius 3 is 2.39 bits per heavy atom. The minimum absolute atomic E-state index is 0.0230. The van der Waals surface area contributed by atoms with Gasteiger partial charge in [0, 0.05) is 25.7 Å². The number of aromatic nitrogens is 2. The molecule has 1 unspecified atom stereocenters. The Morgan fingerprint density at radius 1 is 1.14 bits per heavy atom. The van der Waals surface area contributed by atoms with E-state index in [0.29, 0.717) is 5.65 Å². The molecule has 3 aromatic rings. The van der Waals surface area contributed by atoms with Crippen LogP contribution in [0, 0.1) is 6.92 Å². The monoisotopic (exact) mass is 399 g/mol. The van der Waals surface area contributed by atoms with Crippen molar-refractivity contribution < 1.29 is 13.2 Å². The summed E-state index contributed by atoms with van der Waals surface area (Å²) >= 11 is 0. The second-order valence-electron chi connectivity index (χ2n) is 6.84. The van der Waals surface area contributed by atoms with E-state index in [0.717, 1.165) is 17.4 Å². The van der Waals surface area contributed by atoms with Crippen LogP contribution in [-0.4, -0.2) is 41.9 Å². The fourth-order valence-corrected chi connectivity index (χ4v) is 3.54. The molecule has 0 bridgehead atoms. The minimum Gasteiger partial charge on any atom is -0.335 e. The zero-order chi connectivity index (χ0) is 20.6. The molecule has 2 heterocycles. The molecule has 146 valence electrons. The van der Waals surface area contributed by atoms with E-state index in [2.05, 4.69) is 4.98 Å². The fourth-order valence-electron chi connectivity index (χ4n) is 2.91. The van der Waals surface area contributed by atoms with Gasteiger partial charge in [-0.2, -0.15) is 0 Å². The maximum Gasteiger partial charge on any atom is 0.270 e. The van der Waals surface area contributed by atoms with Gasteiger partial charge < -0.3 is 4.90 Å². The topological polar surface area (TPSA) is 88.8 Å². The molecule has 0 aliphatic rings. The number of carbonyl (C=O) groups excluding carboxylic acids is 1. The van der Waals surface area contributed by atoms with Gasteiger partial charge >= 0.3 is 0 Å². The van der Waals surface area contributed by atoms with E-state index >= 15 is 0 Å². The molecule has 8 heteroatoms. The second-order valence-corrected chi connectivity index (χ2v) is 8.86. The van der Waals surface area contributed by atoms with Crippen LogP contribution in [0.2, 0.25) is 0 Å². The average Bonchev–Trinajstić information content (AvgIpc) is 2.66. The Kier molecular flexibility index (Phi) is 5.08. The normalized spacial score (nSPS) is 12.7. The van der Waals surface area contributed by atoms with Crippen molar-refractivity contribution in [1.82, 2.24) is 14.3 Å². The summed E-state index contributed by atoms with van der Waals surface area (Å²) in [5.74, 6) is -0.451. The lowest BCUT2D eigenvalue weighted by Gasteiger charge is -2.25. The van der Waals surface area contributed by atoms with Gasteiger partial charge in [0.2, 0.25) is 0 Å². The molecule has 0 N–H and O–H groups in total. The summed E-state index contributed by atoms with van der Waals surface area (Å²) in [6, 6.07) is 9.56. The second kappa shape index (κ2) is 7.20. The third kappa shape index (κ3) is 3.68. The molecule has 1 atom stereocenters. The molecule has 1 amide bonds. The predicted molar refractivity (Wildman–Crippen MR) is 106 cm³/mol. The van der Waals surface area contributed by atoms with Crippen molar-refractivity contribution in [1.29, 1.82) is 0 Å². The highest BCUT2D eigenvalue weighted by molar-refractivity contribution is 7.90. The van der Waals surface area contributed by atoms with Crippen LogP contribution < -0.4 is 5.56 Å². The molecule has 0 saturated heterocycles. The number of rotatable bonds is 4. The van der Waals surface area contributed by atoms with Gasteiger partial charge in [-0.05, 0) is 43.2 Å². The molecule has 2 aromatic heterocycles. The van der Waals surface area contributed by atoms with Crippen LogP contribution in [0.1, 0.15) is 34.5 Å². The number of carbonyl (C=O) groups is 1. The maximum absolute atomic E-state index is 12.9. The minimum atomic E-state index is -3.29. The third-order valence-electron chi connectivity index (χ3n) is 4.77. The Balaban J connectivity index is 1.93. The molecule has 0 fully saturated rings. The van der Waals surface area contributed by atoms with Gasteiger partial charge in [0.1, 0.15) is 11.2 Å². The number of sulfone groups is 1. The number of fused-ring (bicyclic) bond motifs is 1. The van der Waals surface area contributed by atoms with Crippen LogP contribution in [0.5, 0.6) is 0 Å². The summed E-state index contributed by atoms with van der Waals surface area (Å²) < 4.78 is 24.6. The first-order valence-corrected chi connectivity index (χ1v) is 10.5. The van der Waals surface area contributed by atoms with Crippen LogP contribution in [0.4, 0.5) is 0 Å². The van der Waals surface area contributed by atoms with E-state index in [1.54, 1.807) is 31.4 Å². The number of hydrogen-bond acceptors (Lipinski definition) is 5. The van der Waals surface area contributed by atoms with Gasteiger partial charge in [0.15, 0.2) is 9.84 Å². The van der Waals surface area contributed by atoms with E-state index in [1.165, 1.54) is 27.6 Å². The quantitative estimate of drug-likeness (QED) is 0.671. The Bertz CT molecular complexity index is 1210. The summed E-state index contributed by atoms with van der Waals surface area (Å²) in [5.41, 5.74) is 1.66. The predicted octanol–water partition coefficient (Wildman–Crippen LogP) is 2.24. The zero-order valence-corrected chi connectivity index (χ0v) is 16.9. The van der Waals surface area contributed by atoms with Gasteiger partial charge in [-0.25, -0.2) is 13.4 Å². The number of amides is 1. The number of hydrogen-bond donors (Lipinski definition) is 0. The van der Waals surface area contributed by atoms with Crippen molar-refractivity contribution in [2.24, 2.45) is 0 Å². The van der Waals surface area contributed by atoms with Crippen molar-refractivity contribution in [2.45, 2.75) is 24.8 Å². The summed E-state index contributed by atoms with van der Waals surface area (Å²) in [7, 11) is -1.69. The number of nitrogens with zero attached hydrogens (tertiary/aromatic N) is 3. The van der Waals surface area contributed by atoms with Gasteiger partial charge in [0.25, 0.3) is 11.5 Å². The molecular formula is C20H21N3O4S. The summed E-state index contributed by atoms with van der Waals surface area (Å²) in [6.45, 7) is 3.67. The van der Waals surface area contributed by atoms with Crippen LogP contribution in [0.25, 0.3) is 5.65 Å². The van der Waals surface area contributed by atoms with Crippen LogP contribution >= 0.6 is 0 Å². The number of aryl methyl sites for hydroxylation is 1. The van der Waals surface area contributed by atoms with Gasteiger partial charge in [-0.15, -0.1) is 0 Å². The summed E-state index contributed by atoms with van der Waals surface area (Å²) in [5, 5.41) is 0. The van der Waals surface area contributed by atoms with Crippen molar-refractivity contribution in [3.8, 4) is 0 Å². The molecule has 1 aromatic carbocycles. The van der Waals surface area contributed by atoms with Gasteiger partial charge in [-0.3, -0.25) is 14.0 Å². The van der Waals surface area contributed by atoms with Crippen molar-refractivity contribution in [3.63, 3.8) is 0 Å².